The SMILES string of the molecule is CC(C)n1ncnc1CC(O)c1ccnn1C. The molecule has 0 aliphatic rings. The van der Waals surface area contributed by atoms with Crippen LogP contribution < -0.4 is 0 Å². The van der Waals surface area contributed by atoms with Crippen LogP contribution >= 0.6 is 0 Å². The van der Waals surface area contributed by atoms with Gasteiger partial charge in [-0.1, -0.05) is 0 Å². The molecule has 2 rings (SSSR count). The van der Waals surface area contributed by atoms with Gasteiger partial charge in [-0.05, 0) is 19.9 Å². The molecular formula is C11H17N5O. The molecule has 2 aromatic rings. The third-order valence-corrected chi connectivity index (χ3v) is 2.71. The molecule has 6 nitrogen and oxygen atoms in total. The second-order valence-electron chi connectivity index (χ2n) is 4.31. The first-order valence-electron chi connectivity index (χ1n) is 5.64. The van der Waals surface area contributed by atoms with Gasteiger partial charge in [-0.25, -0.2) is 9.67 Å². The Hall–Kier alpha value is -1.69. The average Bonchev–Trinajstić information content (AvgIpc) is 2.86. The molecule has 2 heterocycles. The topological polar surface area (TPSA) is 68.8 Å². The highest BCUT2D eigenvalue weighted by Gasteiger charge is 2.16. The number of aliphatic hydroxyl groups excluding tert-OH is 1. The Kier molecular flexibility index (Phi) is 3.23. The first-order chi connectivity index (χ1) is 8.09. The van der Waals surface area contributed by atoms with E-state index in [2.05, 4.69) is 15.2 Å². The number of rotatable bonds is 4. The van der Waals surface area contributed by atoms with Crippen LogP contribution in [0.3, 0.4) is 0 Å². The van der Waals surface area contributed by atoms with Crippen LogP contribution in [0.5, 0.6) is 0 Å². The summed E-state index contributed by atoms with van der Waals surface area (Å²) < 4.78 is 3.49. The van der Waals surface area contributed by atoms with E-state index >= 15 is 0 Å². The molecule has 1 N–H and O–H groups in total. The molecule has 0 saturated heterocycles. The van der Waals surface area contributed by atoms with E-state index in [1.54, 1.807) is 16.9 Å². The van der Waals surface area contributed by atoms with E-state index in [0.717, 1.165) is 11.5 Å². The molecule has 0 radical (unpaired) electrons. The molecule has 0 aromatic carbocycles. The molecule has 17 heavy (non-hydrogen) atoms. The van der Waals surface area contributed by atoms with Crippen molar-refractivity contribution in [2.24, 2.45) is 7.05 Å². The first-order valence-corrected chi connectivity index (χ1v) is 5.64. The van der Waals surface area contributed by atoms with Gasteiger partial charge in [0.2, 0.25) is 0 Å². The minimum absolute atomic E-state index is 0.242. The number of hydrogen-bond acceptors (Lipinski definition) is 4. The van der Waals surface area contributed by atoms with E-state index in [9.17, 15) is 5.11 Å². The Labute approximate surface area is 99.9 Å². The summed E-state index contributed by atoms with van der Waals surface area (Å²) in [5.41, 5.74) is 0.781. The van der Waals surface area contributed by atoms with Crippen molar-refractivity contribution in [3.63, 3.8) is 0 Å². The van der Waals surface area contributed by atoms with Crippen molar-refractivity contribution >= 4 is 0 Å². The summed E-state index contributed by atoms with van der Waals surface area (Å²) in [6.07, 6.45) is 3.03. The molecule has 0 saturated carbocycles. The molecule has 0 fully saturated rings. The van der Waals surface area contributed by atoms with Gasteiger partial charge in [0.15, 0.2) is 0 Å². The van der Waals surface area contributed by atoms with Gasteiger partial charge in [0.05, 0.1) is 5.69 Å². The van der Waals surface area contributed by atoms with Gasteiger partial charge in [0, 0.05) is 25.7 Å². The van der Waals surface area contributed by atoms with Crippen LogP contribution in [0.25, 0.3) is 0 Å². The minimum Gasteiger partial charge on any atom is -0.386 e. The van der Waals surface area contributed by atoms with Crippen molar-refractivity contribution < 1.29 is 5.11 Å². The minimum atomic E-state index is -0.607. The molecule has 6 heteroatoms. The zero-order valence-corrected chi connectivity index (χ0v) is 10.3. The summed E-state index contributed by atoms with van der Waals surface area (Å²) in [5.74, 6) is 0.786. The van der Waals surface area contributed by atoms with Crippen molar-refractivity contribution in [3.05, 3.63) is 30.1 Å². The van der Waals surface area contributed by atoms with Crippen LogP contribution in [0.2, 0.25) is 0 Å². The van der Waals surface area contributed by atoms with Crippen LogP contribution in [0.4, 0.5) is 0 Å². The zero-order chi connectivity index (χ0) is 12.4. The quantitative estimate of drug-likeness (QED) is 0.853. The fourth-order valence-corrected chi connectivity index (χ4v) is 1.84. The largest absolute Gasteiger partial charge is 0.386 e. The van der Waals surface area contributed by atoms with Crippen molar-refractivity contribution in [1.29, 1.82) is 0 Å². The lowest BCUT2D eigenvalue weighted by atomic mass is 10.2. The summed E-state index contributed by atoms with van der Waals surface area (Å²) in [4.78, 5) is 4.18. The Morgan fingerprint density at radius 1 is 1.35 bits per heavy atom. The van der Waals surface area contributed by atoms with Gasteiger partial charge in [-0.15, -0.1) is 0 Å². The van der Waals surface area contributed by atoms with E-state index in [4.69, 9.17) is 0 Å². The Balaban J connectivity index is 2.16. The van der Waals surface area contributed by atoms with E-state index < -0.39 is 6.10 Å². The number of aryl methyl sites for hydroxylation is 1. The lowest BCUT2D eigenvalue weighted by Gasteiger charge is -2.13. The predicted molar refractivity (Wildman–Crippen MR) is 62.3 cm³/mol. The highest BCUT2D eigenvalue weighted by molar-refractivity contribution is 5.06. The smallest absolute Gasteiger partial charge is 0.138 e. The maximum atomic E-state index is 10.1. The van der Waals surface area contributed by atoms with Gasteiger partial charge < -0.3 is 5.11 Å². The molecule has 0 aliphatic carbocycles. The summed E-state index contributed by atoms with van der Waals surface area (Å²) in [6.45, 7) is 4.07. The van der Waals surface area contributed by atoms with Crippen LogP contribution in [0, 0.1) is 0 Å². The van der Waals surface area contributed by atoms with Gasteiger partial charge >= 0.3 is 0 Å². The molecule has 2 aromatic heterocycles. The van der Waals surface area contributed by atoms with Crippen LogP contribution in [-0.4, -0.2) is 29.7 Å². The maximum Gasteiger partial charge on any atom is 0.138 e. The normalized spacial score (nSPS) is 13.2. The highest BCUT2D eigenvalue weighted by Crippen LogP contribution is 2.17. The molecule has 92 valence electrons. The van der Waals surface area contributed by atoms with Gasteiger partial charge in [-0.3, -0.25) is 4.68 Å². The molecule has 0 aliphatic heterocycles. The predicted octanol–water partition coefficient (Wildman–Crippen LogP) is 0.869. The average molecular weight is 235 g/mol. The second-order valence-corrected chi connectivity index (χ2v) is 4.31. The Morgan fingerprint density at radius 3 is 2.71 bits per heavy atom. The number of aliphatic hydroxyl groups is 1. The summed E-state index contributed by atoms with van der Waals surface area (Å²) in [5, 5.41) is 18.3. The summed E-state index contributed by atoms with van der Waals surface area (Å²) >= 11 is 0. The third-order valence-electron chi connectivity index (χ3n) is 2.71. The zero-order valence-electron chi connectivity index (χ0n) is 10.3. The fraction of sp³-hybridized carbons (Fsp3) is 0.545. The fourth-order valence-electron chi connectivity index (χ4n) is 1.84. The molecule has 1 unspecified atom stereocenters. The van der Waals surface area contributed by atoms with Crippen molar-refractivity contribution in [2.45, 2.75) is 32.4 Å². The number of nitrogens with zero attached hydrogens (tertiary/aromatic N) is 5. The standard InChI is InChI=1S/C11H17N5O/c1-8(2)16-11(12-7-14-16)6-10(17)9-4-5-13-15(9)3/h4-5,7-8,10,17H,6H2,1-3H3. The monoisotopic (exact) mass is 235 g/mol. The Bertz CT molecular complexity index is 488. The van der Waals surface area contributed by atoms with E-state index in [-0.39, 0.29) is 6.04 Å². The summed E-state index contributed by atoms with van der Waals surface area (Å²) in [7, 11) is 1.81. The lowest BCUT2D eigenvalue weighted by Crippen LogP contribution is -2.14. The lowest BCUT2D eigenvalue weighted by molar-refractivity contribution is 0.163. The molecule has 0 bridgehead atoms. The molecule has 0 spiro atoms. The second kappa shape index (κ2) is 4.67. The van der Waals surface area contributed by atoms with Crippen LogP contribution in [0.15, 0.2) is 18.6 Å². The molecular weight excluding hydrogens is 218 g/mol. The van der Waals surface area contributed by atoms with Crippen molar-refractivity contribution in [3.8, 4) is 0 Å². The van der Waals surface area contributed by atoms with E-state index in [0.29, 0.717) is 6.42 Å². The highest BCUT2D eigenvalue weighted by atomic mass is 16.3. The van der Waals surface area contributed by atoms with Crippen LogP contribution in [-0.2, 0) is 13.5 Å². The van der Waals surface area contributed by atoms with Gasteiger partial charge in [0.1, 0.15) is 18.3 Å². The maximum absolute atomic E-state index is 10.1. The number of aromatic nitrogens is 5. The Morgan fingerprint density at radius 2 is 2.12 bits per heavy atom. The van der Waals surface area contributed by atoms with Gasteiger partial charge in [0.25, 0.3) is 0 Å². The molecule has 1 atom stereocenters. The van der Waals surface area contributed by atoms with E-state index in [1.807, 2.05) is 25.6 Å². The number of hydrogen-bond donors (Lipinski definition) is 1. The van der Waals surface area contributed by atoms with Crippen LogP contribution in [0.1, 0.15) is 37.5 Å². The van der Waals surface area contributed by atoms with E-state index in [1.165, 1.54) is 6.33 Å². The summed E-state index contributed by atoms with van der Waals surface area (Å²) in [6, 6.07) is 2.05. The molecule has 0 amide bonds. The van der Waals surface area contributed by atoms with Crippen molar-refractivity contribution in [2.75, 3.05) is 0 Å². The van der Waals surface area contributed by atoms with Gasteiger partial charge in [-0.2, -0.15) is 10.2 Å². The first kappa shape index (κ1) is 11.8. The third kappa shape index (κ3) is 2.36. The van der Waals surface area contributed by atoms with Crippen molar-refractivity contribution in [1.82, 2.24) is 24.5 Å².